The molecule has 0 saturated carbocycles. The van der Waals surface area contributed by atoms with Gasteiger partial charge in [-0.2, -0.15) is 0 Å². The highest BCUT2D eigenvalue weighted by molar-refractivity contribution is 5.91. The molecule has 35 heavy (non-hydrogen) atoms. The molecule has 0 spiro atoms. The fourth-order valence-corrected chi connectivity index (χ4v) is 3.72. The third-order valence-corrected chi connectivity index (χ3v) is 5.65. The van der Waals surface area contributed by atoms with E-state index in [4.69, 9.17) is 18.9 Å². The molecule has 4 rings (SSSR count). The van der Waals surface area contributed by atoms with Crippen molar-refractivity contribution in [3.63, 3.8) is 0 Å². The van der Waals surface area contributed by atoms with Crippen LogP contribution in [-0.2, 0) is 18.9 Å². The Morgan fingerprint density at radius 1 is 0.771 bits per heavy atom. The molecular formula is C27H24O8. The number of carbonyl (C=O) groups is 3. The van der Waals surface area contributed by atoms with E-state index in [0.717, 1.165) is 0 Å². The van der Waals surface area contributed by atoms with Crippen molar-refractivity contribution in [2.75, 3.05) is 6.61 Å². The molecule has 0 radical (unpaired) electrons. The van der Waals surface area contributed by atoms with Gasteiger partial charge in [-0.25, -0.2) is 14.4 Å². The molecule has 8 heteroatoms. The van der Waals surface area contributed by atoms with Crippen LogP contribution in [0, 0.1) is 0 Å². The average molecular weight is 476 g/mol. The van der Waals surface area contributed by atoms with Gasteiger partial charge in [0.05, 0.1) is 16.7 Å². The Hall–Kier alpha value is -4.01. The Morgan fingerprint density at radius 2 is 1.23 bits per heavy atom. The highest BCUT2D eigenvalue weighted by Gasteiger charge is 2.59. The first-order valence-corrected chi connectivity index (χ1v) is 11.0. The van der Waals surface area contributed by atoms with Crippen molar-refractivity contribution in [1.82, 2.24) is 0 Å². The maximum absolute atomic E-state index is 12.8. The number of hydrogen-bond donors (Lipinski definition) is 1. The molecule has 1 heterocycles. The summed E-state index contributed by atoms with van der Waals surface area (Å²) in [4.78, 5) is 38.1. The molecule has 1 aliphatic rings. The van der Waals surface area contributed by atoms with Gasteiger partial charge in [-0.1, -0.05) is 54.6 Å². The van der Waals surface area contributed by atoms with E-state index in [9.17, 15) is 19.5 Å². The van der Waals surface area contributed by atoms with E-state index in [0.29, 0.717) is 5.56 Å². The molecule has 1 saturated heterocycles. The minimum atomic E-state index is -1.78. The topological polar surface area (TPSA) is 108 Å². The van der Waals surface area contributed by atoms with Crippen LogP contribution in [0.15, 0.2) is 91.0 Å². The molecule has 4 atom stereocenters. The van der Waals surface area contributed by atoms with Gasteiger partial charge in [-0.05, 0) is 43.3 Å². The molecule has 1 fully saturated rings. The maximum Gasteiger partial charge on any atom is 0.338 e. The average Bonchev–Trinajstić information content (AvgIpc) is 3.12. The van der Waals surface area contributed by atoms with Crippen LogP contribution >= 0.6 is 0 Å². The summed E-state index contributed by atoms with van der Waals surface area (Å²) >= 11 is 0. The van der Waals surface area contributed by atoms with E-state index in [-0.39, 0.29) is 17.7 Å². The number of carbonyl (C=O) groups excluding carboxylic acids is 3. The van der Waals surface area contributed by atoms with Crippen molar-refractivity contribution >= 4 is 17.9 Å². The number of benzene rings is 3. The van der Waals surface area contributed by atoms with Crippen LogP contribution in [0.1, 0.15) is 38.0 Å². The second kappa shape index (κ2) is 10.5. The van der Waals surface area contributed by atoms with E-state index in [2.05, 4.69) is 0 Å². The normalized spacial score (nSPS) is 23.3. The number of hydrogen-bond acceptors (Lipinski definition) is 8. The molecule has 8 nitrogen and oxygen atoms in total. The van der Waals surface area contributed by atoms with E-state index in [1.807, 2.05) is 0 Å². The first-order chi connectivity index (χ1) is 16.9. The van der Waals surface area contributed by atoms with E-state index in [1.165, 1.54) is 6.92 Å². The lowest BCUT2D eigenvalue weighted by molar-refractivity contribution is -0.172. The molecular weight excluding hydrogens is 452 g/mol. The largest absolute Gasteiger partial charge is 0.459 e. The number of aliphatic hydroxyl groups excluding tert-OH is 1. The number of ether oxygens (including phenoxy) is 4. The van der Waals surface area contributed by atoms with Crippen LogP contribution in [0.25, 0.3) is 0 Å². The molecule has 3 unspecified atom stereocenters. The third-order valence-electron chi connectivity index (χ3n) is 5.65. The Morgan fingerprint density at radius 3 is 1.74 bits per heavy atom. The first kappa shape index (κ1) is 24.1. The Labute approximate surface area is 202 Å². The van der Waals surface area contributed by atoms with Crippen LogP contribution in [0.5, 0.6) is 0 Å². The van der Waals surface area contributed by atoms with Gasteiger partial charge in [0.15, 0.2) is 18.0 Å². The van der Waals surface area contributed by atoms with Crippen LogP contribution in [0.3, 0.4) is 0 Å². The Bertz CT molecular complexity index is 1170. The van der Waals surface area contributed by atoms with E-state index < -0.39 is 42.0 Å². The molecule has 1 aliphatic heterocycles. The zero-order chi connectivity index (χ0) is 24.8. The lowest BCUT2D eigenvalue weighted by atomic mass is 9.96. The number of rotatable bonds is 7. The van der Waals surface area contributed by atoms with Crippen molar-refractivity contribution < 1.29 is 38.4 Å². The van der Waals surface area contributed by atoms with Crippen molar-refractivity contribution in [3.8, 4) is 0 Å². The second-order valence-corrected chi connectivity index (χ2v) is 8.12. The molecule has 1 N–H and O–H groups in total. The van der Waals surface area contributed by atoms with Gasteiger partial charge in [-0.15, -0.1) is 0 Å². The van der Waals surface area contributed by atoms with Gasteiger partial charge in [0.1, 0.15) is 12.7 Å². The number of aliphatic hydroxyl groups is 1. The summed E-state index contributed by atoms with van der Waals surface area (Å²) in [7, 11) is 0. The predicted octanol–water partition coefficient (Wildman–Crippen LogP) is 3.40. The molecule has 0 amide bonds. The van der Waals surface area contributed by atoms with Crippen molar-refractivity contribution in [1.29, 1.82) is 0 Å². The van der Waals surface area contributed by atoms with Gasteiger partial charge in [0.2, 0.25) is 0 Å². The monoisotopic (exact) mass is 476 g/mol. The highest BCUT2D eigenvalue weighted by Crippen LogP contribution is 2.37. The minimum absolute atomic E-state index is 0.244. The lowest BCUT2D eigenvalue weighted by Gasteiger charge is -2.32. The summed E-state index contributed by atoms with van der Waals surface area (Å²) in [6, 6.07) is 24.7. The summed E-state index contributed by atoms with van der Waals surface area (Å²) in [6.07, 6.45) is -4.02. The summed E-state index contributed by atoms with van der Waals surface area (Å²) < 4.78 is 22.2. The maximum atomic E-state index is 12.8. The van der Waals surface area contributed by atoms with Gasteiger partial charge in [0, 0.05) is 0 Å². The number of esters is 3. The van der Waals surface area contributed by atoms with Gasteiger partial charge < -0.3 is 24.1 Å². The Balaban J connectivity index is 1.56. The summed E-state index contributed by atoms with van der Waals surface area (Å²) in [6.45, 7) is 1.05. The van der Waals surface area contributed by atoms with E-state index >= 15 is 0 Å². The van der Waals surface area contributed by atoms with Crippen LogP contribution < -0.4 is 0 Å². The molecule has 0 bridgehead atoms. The fourth-order valence-electron chi connectivity index (χ4n) is 3.72. The van der Waals surface area contributed by atoms with E-state index in [1.54, 1.807) is 91.0 Å². The molecule has 0 aromatic heterocycles. The van der Waals surface area contributed by atoms with Crippen molar-refractivity contribution in [2.45, 2.75) is 31.0 Å². The van der Waals surface area contributed by atoms with Crippen molar-refractivity contribution in [2.24, 2.45) is 0 Å². The highest BCUT2D eigenvalue weighted by atomic mass is 16.7. The van der Waals surface area contributed by atoms with Crippen LogP contribution in [0.4, 0.5) is 0 Å². The third kappa shape index (κ3) is 5.40. The zero-order valence-electron chi connectivity index (χ0n) is 18.9. The molecule has 0 aliphatic carbocycles. The Kier molecular flexibility index (Phi) is 7.24. The quantitative estimate of drug-likeness (QED) is 0.408. The zero-order valence-corrected chi connectivity index (χ0v) is 18.9. The summed E-state index contributed by atoms with van der Waals surface area (Å²) in [5, 5.41) is 10.7. The molecule has 3 aromatic rings. The lowest BCUT2D eigenvalue weighted by Crippen LogP contribution is -2.52. The second-order valence-electron chi connectivity index (χ2n) is 8.12. The van der Waals surface area contributed by atoms with Gasteiger partial charge in [0.25, 0.3) is 0 Å². The SMILES string of the molecule is C[C@]1(OC(=O)c2ccccc2)C(O)OC(COC(=O)c2ccccc2)C1OC(=O)c1ccccc1. The molecule has 3 aromatic carbocycles. The minimum Gasteiger partial charge on any atom is -0.459 e. The van der Waals surface area contributed by atoms with Crippen molar-refractivity contribution in [3.05, 3.63) is 108 Å². The van der Waals surface area contributed by atoms with Gasteiger partial charge >= 0.3 is 17.9 Å². The summed E-state index contributed by atoms with van der Waals surface area (Å²) in [5.41, 5.74) is -0.956. The fraction of sp³-hybridized carbons (Fsp3) is 0.222. The predicted molar refractivity (Wildman–Crippen MR) is 124 cm³/mol. The van der Waals surface area contributed by atoms with Crippen LogP contribution in [-0.4, -0.2) is 53.7 Å². The van der Waals surface area contributed by atoms with Crippen LogP contribution in [0.2, 0.25) is 0 Å². The van der Waals surface area contributed by atoms with Gasteiger partial charge in [-0.3, -0.25) is 0 Å². The standard InChI is InChI=1S/C27H24O8/c1-27(35-25(30)20-15-9-4-10-16-20)22(34-24(29)19-13-7-3-8-14-19)21(33-26(27)31)17-32-23(28)18-11-5-2-6-12-18/h2-16,21-22,26,31H,17H2,1H3/t21?,22?,26?,27-/m1/s1. The first-order valence-electron chi connectivity index (χ1n) is 11.0. The molecule has 180 valence electrons. The smallest absolute Gasteiger partial charge is 0.338 e. The summed E-state index contributed by atoms with van der Waals surface area (Å²) in [5.74, 6) is -2.07.